The summed E-state index contributed by atoms with van der Waals surface area (Å²) in [7, 11) is 0. The number of aryl methyl sites for hydroxylation is 4. The van der Waals surface area contributed by atoms with Crippen LogP contribution in [0.2, 0.25) is 0 Å². The number of hydrogen-bond donors (Lipinski definition) is 0. The first-order valence-corrected chi connectivity index (χ1v) is 15.0. The molecule has 40 heavy (non-hydrogen) atoms. The van der Waals surface area contributed by atoms with Gasteiger partial charge in [0, 0.05) is 39.5 Å². The van der Waals surface area contributed by atoms with E-state index in [2.05, 4.69) is 81.7 Å². The standard InChI is InChI=1S/C38H43NO/c1-7-9-13-29(8-2)24-39-36-17-15-30(21-33-27(5)19-25(3)20-28(33)6)22-34(36)35-23-31(16-18-37(35)39)38(40)32-14-11-10-12-26(32)4/h10-12,14-20,22-23,29H,7-9,13,21,24H2,1-6H3. The molecule has 1 heterocycles. The van der Waals surface area contributed by atoms with E-state index in [1.165, 1.54) is 75.3 Å². The Morgan fingerprint density at radius 3 is 2.12 bits per heavy atom. The summed E-state index contributed by atoms with van der Waals surface area (Å²) in [5.74, 6) is 0.738. The maximum Gasteiger partial charge on any atom is 0.193 e. The van der Waals surface area contributed by atoms with Crippen molar-refractivity contribution < 1.29 is 4.79 Å². The zero-order valence-corrected chi connectivity index (χ0v) is 25.1. The highest BCUT2D eigenvalue weighted by Gasteiger charge is 2.18. The Labute approximate surface area is 240 Å². The molecule has 0 saturated heterocycles. The molecule has 5 rings (SSSR count). The first kappa shape index (κ1) is 27.9. The Morgan fingerprint density at radius 2 is 1.45 bits per heavy atom. The summed E-state index contributed by atoms with van der Waals surface area (Å²) < 4.78 is 2.52. The number of benzene rings is 4. The van der Waals surface area contributed by atoms with Crippen LogP contribution in [0, 0.1) is 33.6 Å². The third-order valence-electron chi connectivity index (χ3n) is 8.79. The lowest BCUT2D eigenvalue weighted by Gasteiger charge is -2.17. The van der Waals surface area contributed by atoms with E-state index in [9.17, 15) is 4.79 Å². The quantitative estimate of drug-likeness (QED) is 0.165. The van der Waals surface area contributed by atoms with Gasteiger partial charge >= 0.3 is 0 Å². The normalized spacial score (nSPS) is 12.3. The van der Waals surface area contributed by atoms with Crippen LogP contribution in [0.4, 0.5) is 0 Å². The van der Waals surface area contributed by atoms with Crippen LogP contribution in [0.25, 0.3) is 21.8 Å². The Morgan fingerprint density at radius 1 is 0.775 bits per heavy atom. The highest BCUT2D eigenvalue weighted by molar-refractivity contribution is 6.15. The molecule has 2 heteroatoms. The van der Waals surface area contributed by atoms with E-state index in [4.69, 9.17) is 0 Å². The van der Waals surface area contributed by atoms with Gasteiger partial charge < -0.3 is 4.57 Å². The predicted molar refractivity (Wildman–Crippen MR) is 171 cm³/mol. The molecule has 0 bridgehead atoms. The van der Waals surface area contributed by atoms with Crippen LogP contribution in [0.3, 0.4) is 0 Å². The number of fused-ring (bicyclic) bond motifs is 3. The average Bonchev–Trinajstić information content (AvgIpc) is 3.24. The van der Waals surface area contributed by atoms with Crippen molar-refractivity contribution in [3.8, 4) is 0 Å². The van der Waals surface area contributed by atoms with E-state index in [-0.39, 0.29) is 5.78 Å². The number of carbonyl (C=O) groups excluding carboxylic acids is 1. The molecule has 0 saturated carbocycles. The number of ketones is 1. The fourth-order valence-corrected chi connectivity index (χ4v) is 6.45. The lowest BCUT2D eigenvalue weighted by Crippen LogP contribution is -2.10. The van der Waals surface area contributed by atoms with Gasteiger partial charge in [-0.2, -0.15) is 0 Å². The number of aromatic nitrogens is 1. The van der Waals surface area contributed by atoms with Crippen molar-refractivity contribution in [1.82, 2.24) is 4.57 Å². The van der Waals surface area contributed by atoms with Crippen molar-refractivity contribution >= 4 is 27.6 Å². The largest absolute Gasteiger partial charge is 0.340 e. The molecule has 0 radical (unpaired) electrons. The molecule has 1 aromatic heterocycles. The summed E-state index contributed by atoms with van der Waals surface area (Å²) in [6.07, 6.45) is 5.84. The minimum atomic E-state index is 0.0948. The molecule has 4 aromatic carbocycles. The van der Waals surface area contributed by atoms with Gasteiger partial charge in [-0.3, -0.25) is 4.79 Å². The summed E-state index contributed by atoms with van der Waals surface area (Å²) in [5, 5.41) is 2.43. The molecule has 0 spiro atoms. The molecule has 1 atom stereocenters. The molecule has 0 aliphatic heterocycles. The molecule has 0 N–H and O–H groups in total. The number of unbranched alkanes of at least 4 members (excludes halogenated alkanes) is 1. The summed E-state index contributed by atoms with van der Waals surface area (Å²) in [6.45, 7) is 14.2. The molecule has 5 aromatic rings. The highest BCUT2D eigenvalue weighted by Crippen LogP contribution is 2.34. The number of hydrogen-bond acceptors (Lipinski definition) is 1. The summed E-state index contributed by atoms with van der Waals surface area (Å²) in [4.78, 5) is 13.6. The molecule has 0 aliphatic carbocycles. The maximum atomic E-state index is 13.6. The predicted octanol–water partition coefficient (Wildman–Crippen LogP) is 10.1. The van der Waals surface area contributed by atoms with Gasteiger partial charge in [0.15, 0.2) is 5.78 Å². The van der Waals surface area contributed by atoms with Crippen molar-refractivity contribution in [2.45, 2.75) is 80.2 Å². The molecule has 0 aliphatic rings. The molecular formula is C38H43NO. The van der Waals surface area contributed by atoms with Crippen LogP contribution in [-0.4, -0.2) is 10.4 Å². The fraction of sp³-hybridized carbons (Fsp3) is 0.342. The molecule has 1 unspecified atom stereocenters. The van der Waals surface area contributed by atoms with Crippen LogP contribution in [0.5, 0.6) is 0 Å². The molecule has 2 nitrogen and oxygen atoms in total. The van der Waals surface area contributed by atoms with Crippen LogP contribution in [0.1, 0.15) is 88.8 Å². The van der Waals surface area contributed by atoms with Crippen molar-refractivity contribution in [2.75, 3.05) is 0 Å². The van der Waals surface area contributed by atoms with E-state index in [1.54, 1.807) is 0 Å². The van der Waals surface area contributed by atoms with Crippen molar-refractivity contribution in [1.29, 1.82) is 0 Å². The third-order valence-corrected chi connectivity index (χ3v) is 8.79. The van der Waals surface area contributed by atoms with Crippen LogP contribution < -0.4 is 0 Å². The Hall–Kier alpha value is -3.65. The van der Waals surface area contributed by atoms with Crippen molar-refractivity contribution in [3.63, 3.8) is 0 Å². The SMILES string of the molecule is CCCCC(CC)Cn1c2ccc(Cc3c(C)cc(C)cc3C)cc2c2cc(C(=O)c3ccccc3C)ccc21. The van der Waals surface area contributed by atoms with Gasteiger partial charge in [-0.15, -0.1) is 0 Å². The Balaban J connectivity index is 1.64. The summed E-state index contributed by atoms with van der Waals surface area (Å²) >= 11 is 0. The van der Waals surface area contributed by atoms with Gasteiger partial charge in [0.05, 0.1) is 0 Å². The van der Waals surface area contributed by atoms with E-state index >= 15 is 0 Å². The first-order valence-electron chi connectivity index (χ1n) is 15.0. The maximum absolute atomic E-state index is 13.6. The van der Waals surface area contributed by atoms with Crippen LogP contribution >= 0.6 is 0 Å². The van der Waals surface area contributed by atoms with Crippen LogP contribution in [0.15, 0.2) is 72.8 Å². The number of rotatable bonds is 10. The van der Waals surface area contributed by atoms with E-state index in [1.807, 2.05) is 37.3 Å². The second-order valence-corrected chi connectivity index (χ2v) is 11.8. The zero-order chi connectivity index (χ0) is 28.4. The lowest BCUT2D eigenvalue weighted by atomic mass is 9.93. The second kappa shape index (κ2) is 11.8. The molecule has 206 valence electrons. The number of nitrogens with zero attached hydrogens (tertiary/aromatic N) is 1. The highest BCUT2D eigenvalue weighted by atomic mass is 16.1. The Bertz CT molecular complexity index is 1660. The van der Waals surface area contributed by atoms with Crippen molar-refractivity contribution in [3.05, 3.63) is 117 Å². The van der Waals surface area contributed by atoms with Gasteiger partial charge in [0.25, 0.3) is 0 Å². The molecule has 0 amide bonds. The van der Waals surface area contributed by atoms with Gasteiger partial charge in [-0.1, -0.05) is 81.1 Å². The van der Waals surface area contributed by atoms with Crippen molar-refractivity contribution in [2.24, 2.45) is 5.92 Å². The van der Waals surface area contributed by atoms with Gasteiger partial charge in [0.1, 0.15) is 0 Å². The van der Waals surface area contributed by atoms with E-state index < -0.39 is 0 Å². The molecule has 0 fully saturated rings. The smallest absolute Gasteiger partial charge is 0.193 e. The van der Waals surface area contributed by atoms with E-state index in [0.717, 1.165) is 29.7 Å². The van der Waals surface area contributed by atoms with Gasteiger partial charge in [0.2, 0.25) is 0 Å². The van der Waals surface area contributed by atoms with Gasteiger partial charge in [-0.25, -0.2) is 0 Å². The van der Waals surface area contributed by atoms with Crippen LogP contribution in [-0.2, 0) is 13.0 Å². The summed E-state index contributed by atoms with van der Waals surface area (Å²) in [5.41, 5.74) is 11.8. The summed E-state index contributed by atoms with van der Waals surface area (Å²) in [6, 6.07) is 25.8. The fourth-order valence-electron chi connectivity index (χ4n) is 6.45. The topological polar surface area (TPSA) is 22.0 Å². The van der Waals surface area contributed by atoms with Gasteiger partial charge in [-0.05, 0) is 105 Å². The third kappa shape index (κ3) is 5.50. The lowest BCUT2D eigenvalue weighted by molar-refractivity contribution is 0.103. The molecular weight excluding hydrogens is 486 g/mol. The monoisotopic (exact) mass is 529 g/mol. The Kier molecular flexibility index (Phi) is 8.26. The first-order chi connectivity index (χ1) is 19.3. The number of carbonyl (C=O) groups is 1. The minimum Gasteiger partial charge on any atom is -0.340 e. The average molecular weight is 530 g/mol. The minimum absolute atomic E-state index is 0.0948. The zero-order valence-electron chi connectivity index (χ0n) is 25.1. The second-order valence-electron chi connectivity index (χ2n) is 11.8. The van der Waals surface area contributed by atoms with E-state index in [0.29, 0.717) is 5.92 Å².